The third-order valence-corrected chi connectivity index (χ3v) is 5.29. The zero-order chi connectivity index (χ0) is 17.2. The largest absolute Gasteiger partial charge is 0.391 e. The van der Waals surface area contributed by atoms with Gasteiger partial charge >= 0.3 is 6.18 Å². The lowest BCUT2D eigenvalue weighted by molar-refractivity contribution is -0.185. The molecule has 0 spiro atoms. The summed E-state index contributed by atoms with van der Waals surface area (Å²) in [6.07, 6.45) is -2.05. The third-order valence-electron chi connectivity index (χ3n) is 5.29. The molecule has 130 valence electrons. The van der Waals surface area contributed by atoms with E-state index in [0.717, 1.165) is 0 Å². The highest BCUT2D eigenvalue weighted by atomic mass is 19.4. The predicted octanol–water partition coefficient (Wildman–Crippen LogP) is 3.89. The van der Waals surface area contributed by atoms with E-state index in [1.54, 1.807) is 0 Å². The van der Waals surface area contributed by atoms with Gasteiger partial charge in [-0.25, -0.2) is 0 Å². The second-order valence-electron chi connectivity index (χ2n) is 6.90. The molecule has 0 unspecified atom stereocenters. The molecule has 0 amide bonds. The van der Waals surface area contributed by atoms with E-state index in [-0.39, 0.29) is 61.3 Å². The van der Waals surface area contributed by atoms with Crippen LogP contribution in [0.2, 0.25) is 0 Å². The zero-order valence-electron chi connectivity index (χ0n) is 13.3. The summed E-state index contributed by atoms with van der Waals surface area (Å²) in [6.45, 7) is 1.82. The summed E-state index contributed by atoms with van der Waals surface area (Å²) in [5.74, 6) is -3.53. The Morgan fingerprint density at radius 3 is 1.96 bits per heavy atom. The number of hydrogen-bond acceptors (Lipinski definition) is 3. The molecule has 0 atom stereocenters. The van der Waals surface area contributed by atoms with Crippen LogP contribution in [0.1, 0.15) is 58.3 Å². The van der Waals surface area contributed by atoms with Gasteiger partial charge in [0.15, 0.2) is 17.3 Å². The molecule has 2 saturated carbocycles. The molecule has 0 heterocycles. The Morgan fingerprint density at radius 1 is 1.00 bits per heavy atom. The van der Waals surface area contributed by atoms with Crippen molar-refractivity contribution in [2.75, 3.05) is 0 Å². The van der Waals surface area contributed by atoms with Gasteiger partial charge in [-0.1, -0.05) is 6.92 Å². The molecule has 3 nitrogen and oxygen atoms in total. The first-order valence-electron chi connectivity index (χ1n) is 8.38. The fraction of sp³-hybridized carbons (Fsp3) is 0.824. The summed E-state index contributed by atoms with van der Waals surface area (Å²) in [4.78, 5) is 36.2. The average Bonchev–Trinajstić information content (AvgIpc) is 2.46. The SMILES string of the molecule is CCCC(=O)C1C(=O)CC(C2CCC(C(F)(F)F)CC2)CC1=O. The van der Waals surface area contributed by atoms with E-state index in [2.05, 4.69) is 0 Å². The lowest BCUT2D eigenvalue weighted by Crippen LogP contribution is -2.41. The monoisotopic (exact) mass is 332 g/mol. The van der Waals surface area contributed by atoms with Gasteiger partial charge in [0.05, 0.1) is 5.92 Å². The van der Waals surface area contributed by atoms with E-state index in [1.807, 2.05) is 6.92 Å². The predicted molar refractivity (Wildman–Crippen MR) is 77.6 cm³/mol. The summed E-state index contributed by atoms with van der Waals surface area (Å²) in [6, 6.07) is 0. The maximum Gasteiger partial charge on any atom is 0.391 e. The van der Waals surface area contributed by atoms with Crippen molar-refractivity contribution in [2.45, 2.75) is 64.5 Å². The van der Waals surface area contributed by atoms with Crippen LogP contribution < -0.4 is 0 Å². The van der Waals surface area contributed by atoms with Crippen molar-refractivity contribution in [3.8, 4) is 0 Å². The summed E-state index contributed by atoms with van der Waals surface area (Å²) in [7, 11) is 0. The standard InChI is InChI=1S/C17H23F3O3/c1-2-3-13(21)16-14(22)8-11(9-15(16)23)10-4-6-12(7-5-10)17(18,19)20/h10-12,16H,2-9H2,1H3. The Labute approximate surface area is 134 Å². The smallest absolute Gasteiger partial charge is 0.298 e. The van der Waals surface area contributed by atoms with Crippen molar-refractivity contribution in [3.63, 3.8) is 0 Å². The van der Waals surface area contributed by atoms with Crippen molar-refractivity contribution in [2.24, 2.45) is 23.7 Å². The topological polar surface area (TPSA) is 51.2 Å². The molecule has 2 rings (SSSR count). The minimum Gasteiger partial charge on any atom is -0.298 e. The number of ketones is 3. The second kappa shape index (κ2) is 7.14. The first-order chi connectivity index (χ1) is 10.7. The van der Waals surface area contributed by atoms with E-state index in [1.165, 1.54) is 0 Å². The van der Waals surface area contributed by atoms with Crippen LogP contribution in [0.25, 0.3) is 0 Å². The normalized spacial score (nSPS) is 32.9. The molecular formula is C17H23F3O3. The molecule has 0 N–H and O–H groups in total. The summed E-state index contributed by atoms with van der Waals surface area (Å²) in [5, 5.41) is 0. The molecule has 2 aliphatic carbocycles. The van der Waals surface area contributed by atoms with Crippen molar-refractivity contribution in [1.29, 1.82) is 0 Å². The maximum absolute atomic E-state index is 12.7. The van der Waals surface area contributed by atoms with Crippen molar-refractivity contribution in [3.05, 3.63) is 0 Å². The summed E-state index contributed by atoms with van der Waals surface area (Å²) in [5.41, 5.74) is 0. The Bertz CT molecular complexity index is 458. The highest BCUT2D eigenvalue weighted by molar-refractivity contribution is 6.20. The molecular weight excluding hydrogens is 309 g/mol. The molecule has 0 aromatic heterocycles. The van der Waals surface area contributed by atoms with Crippen LogP contribution in [0.15, 0.2) is 0 Å². The lowest BCUT2D eigenvalue weighted by atomic mass is 9.67. The molecule has 0 radical (unpaired) electrons. The molecule has 2 aliphatic rings. The van der Waals surface area contributed by atoms with Gasteiger partial charge in [0, 0.05) is 19.3 Å². The number of rotatable bonds is 4. The Balaban J connectivity index is 1.94. The molecule has 0 saturated heterocycles. The molecule has 0 aliphatic heterocycles. The molecule has 2 fully saturated rings. The van der Waals surface area contributed by atoms with Crippen molar-refractivity contribution >= 4 is 17.3 Å². The molecule has 0 aromatic carbocycles. The van der Waals surface area contributed by atoms with Gasteiger partial charge in [-0.2, -0.15) is 13.2 Å². The van der Waals surface area contributed by atoms with E-state index < -0.39 is 18.0 Å². The maximum atomic E-state index is 12.7. The number of carbonyl (C=O) groups is 3. The van der Waals surface area contributed by atoms with Gasteiger partial charge in [0.25, 0.3) is 0 Å². The molecule has 6 heteroatoms. The molecule has 0 bridgehead atoms. The Kier molecular flexibility index (Phi) is 5.63. The average molecular weight is 332 g/mol. The van der Waals surface area contributed by atoms with Crippen molar-refractivity contribution < 1.29 is 27.6 Å². The fourth-order valence-electron chi connectivity index (χ4n) is 4.01. The minimum absolute atomic E-state index is 0.0104. The second-order valence-corrected chi connectivity index (χ2v) is 6.90. The van der Waals surface area contributed by atoms with Crippen LogP contribution in [0.3, 0.4) is 0 Å². The van der Waals surface area contributed by atoms with E-state index in [4.69, 9.17) is 0 Å². The summed E-state index contributed by atoms with van der Waals surface area (Å²) >= 11 is 0. The van der Waals surface area contributed by atoms with Gasteiger partial charge in [-0.3, -0.25) is 14.4 Å². The van der Waals surface area contributed by atoms with Crippen LogP contribution in [-0.2, 0) is 14.4 Å². The van der Waals surface area contributed by atoms with Crippen molar-refractivity contribution in [1.82, 2.24) is 0 Å². The van der Waals surface area contributed by atoms with Crippen LogP contribution in [0.4, 0.5) is 13.2 Å². The van der Waals surface area contributed by atoms with E-state index >= 15 is 0 Å². The minimum atomic E-state index is -4.15. The zero-order valence-corrected chi connectivity index (χ0v) is 13.3. The number of halogens is 3. The number of alkyl halides is 3. The highest BCUT2D eigenvalue weighted by Crippen LogP contribution is 2.44. The lowest BCUT2D eigenvalue weighted by Gasteiger charge is -2.36. The number of Topliss-reactive ketones (excluding diaryl/α,β-unsaturated/α-hetero) is 3. The first-order valence-corrected chi connectivity index (χ1v) is 8.38. The first kappa shape index (κ1) is 18.1. The van der Waals surface area contributed by atoms with Crippen LogP contribution in [-0.4, -0.2) is 23.5 Å². The van der Waals surface area contributed by atoms with Gasteiger partial charge in [0.2, 0.25) is 0 Å². The summed E-state index contributed by atoms with van der Waals surface area (Å²) < 4.78 is 38.1. The van der Waals surface area contributed by atoms with Crippen LogP contribution in [0.5, 0.6) is 0 Å². The Hall–Kier alpha value is -1.20. The fourth-order valence-corrected chi connectivity index (χ4v) is 4.01. The third kappa shape index (κ3) is 4.21. The van der Waals surface area contributed by atoms with E-state index in [0.29, 0.717) is 19.3 Å². The van der Waals surface area contributed by atoms with Gasteiger partial charge in [-0.05, 0) is 43.9 Å². The van der Waals surface area contributed by atoms with Crippen LogP contribution >= 0.6 is 0 Å². The number of hydrogen-bond donors (Lipinski definition) is 0. The van der Waals surface area contributed by atoms with Gasteiger partial charge < -0.3 is 0 Å². The Morgan fingerprint density at radius 2 is 1.52 bits per heavy atom. The van der Waals surface area contributed by atoms with Gasteiger partial charge in [-0.15, -0.1) is 0 Å². The van der Waals surface area contributed by atoms with E-state index in [9.17, 15) is 27.6 Å². The van der Waals surface area contributed by atoms with Crippen LogP contribution in [0, 0.1) is 23.7 Å². The molecule has 23 heavy (non-hydrogen) atoms. The quantitative estimate of drug-likeness (QED) is 0.734. The molecule has 0 aromatic rings. The number of carbonyl (C=O) groups excluding carboxylic acids is 3. The highest BCUT2D eigenvalue weighted by Gasteiger charge is 2.45. The van der Waals surface area contributed by atoms with Gasteiger partial charge in [0.1, 0.15) is 5.92 Å².